The third-order valence-corrected chi connectivity index (χ3v) is 3.61. The molecule has 0 unspecified atom stereocenters. The van der Waals surface area contributed by atoms with Crippen molar-refractivity contribution in [3.63, 3.8) is 0 Å². The average Bonchev–Trinajstić information content (AvgIpc) is 3.21. The van der Waals surface area contributed by atoms with Crippen molar-refractivity contribution in [1.29, 1.82) is 0 Å². The van der Waals surface area contributed by atoms with E-state index in [2.05, 4.69) is 52.4 Å². The van der Waals surface area contributed by atoms with Crippen LogP contribution in [0.5, 0.6) is 0 Å². The van der Waals surface area contributed by atoms with Crippen LogP contribution in [-0.2, 0) is 0 Å². The minimum Gasteiger partial charge on any atom is -0.341 e. The molecule has 1 saturated carbocycles. The van der Waals surface area contributed by atoms with Crippen LogP contribution in [0.1, 0.15) is 40.5 Å². The van der Waals surface area contributed by atoms with Gasteiger partial charge in [-0.2, -0.15) is 15.0 Å². The fraction of sp³-hybridized carbons (Fsp3) is 0.786. The van der Waals surface area contributed by atoms with Gasteiger partial charge in [-0.3, -0.25) is 0 Å². The maximum Gasteiger partial charge on any atom is 0.231 e. The van der Waals surface area contributed by atoms with Crippen LogP contribution in [0.15, 0.2) is 0 Å². The van der Waals surface area contributed by atoms with Crippen molar-refractivity contribution >= 4 is 23.5 Å². The Kier molecular flexibility index (Phi) is 5.02. The molecule has 1 aromatic rings. The molecule has 0 N–H and O–H groups in total. The summed E-state index contributed by atoms with van der Waals surface area (Å²) in [5, 5.41) is 0.284. The lowest BCUT2D eigenvalue weighted by Gasteiger charge is -2.26. The van der Waals surface area contributed by atoms with Gasteiger partial charge < -0.3 is 9.80 Å². The molecule has 2 rings (SSSR count). The van der Waals surface area contributed by atoms with Gasteiger partial charge >= 0.3 is 0 Å². The molecule has 0 atom stereocenters. The zero-order valence-electron chi connectivity index (χ0n) is 12.8. The first kappa shape index (κ1) is 15.3. The molecule has 112 valence electrons. The van der Waals surface area contributed by atoms with Crippen LogP contribution < -0.4 is 9.80 Å². The van der Waals surface area contributed by atoms with Gasteiger partial charge in [0.2, 0.25) is 17.2 Å². The van der Waals surface area contributed by atoms with Crippen LogP contribution in [0.25, 0.3) is 0 Å². The van der Waals surface area contributed by atoms with Crippen molar-refractivity contribution in [2.75, 3.05) is 29.4 Å². The normalized spacial score (nSPS) is 14.7. The molecule has 0 bridgehead atoms. The van der Waals surface area contributed by atoms with Crippen molar-refractivity contribution in [2.24, 2.45) is 5.92 Å². The average molecular weight is 298 g/mol. The topological polar surface area (TPSA) is 45.2 Å². The van der Waals surface area contributed by atoms with Gasteiger partial charge in [-0.1, -0.05) is 13.8 Å². The summed E-state index contributed by atoms with van der Waals surface area (Å²) < 4.78 is 0. The van der Waals surface area contributed by atoms with Gasteiger partial charge in [0.1, 0.15) is 0 Å². The van der Waals surface area contributed by atoms with Gasteiger partial charge in [0.25, 0.3) is 0 Å². The number of hydrogen-bond acceptors (Lipinski definition) is 5. The Morgan fingerprint density at radius 1 is 1.10 bits per heavy atom. The van der Waals surface area contributed by atoms with Crippen molar-refractivity contribution in [2.45, 2.75) is 46.6 Å². The number of rotatable bonds is 7. The van der Waals surface area contributed by atoms with Crippen molar-refractivity contribution in [1.82, 2.24) is 15.0 Å². The molecule has 1 aromatic heterocycles. The van der Waals surface area contributed by atoms with Crippen molar-refractivity contribution < 1.29 is 0 Å². The van der Waals surface area contributed by atoms with Gasteiger partial charge in [0, 0.05) is 25.7 Å². The Morgan fingerprint density at radius 3 is 2.20 bits per heavy atom. The smallest absolute Gasteiger partial charge is 0.231 e. The van der Waals surface area contributed by atoms with Gasteiger partial charge in [0.15, 0.2) is 0 Å². The molecule has 1 aliphatic carbocycles. The molecular formula is C14H24ClN5. The summed E-state index contributed by atoms with van der Waals surface area (Å²) in [6, 6.07) is 0.570. The Hall–Kier alpha value is -1.10. The summed E-state index contributed by atoms with van der Waals surface area (Å²) in [7, 11) is 0. The van der Waals surface area contributed by atoms with Crippen molar-refractivity contribution in [3.05, 3.63) is 5.28 Å². The number of aromatic nitrogens is 3. The molecular weight excluding hydrogens is 274 g/mol. The molecule has 20 heavy (non-hydrogen) atoms. The van der Waals surface area contributed by atoms with E-state index in [4.69, 9.17) is 11.6 Å². The molecule has 6 heteroatoms. The van der Waals surface area contributed by atoms with E-state index in [1.807, 2.05) is 0 Å². The largest absolute Gasteiger partial charge is 0.341 e. The highest BCUT2D eigenvalue weighted by Crippen LogP contribution is 2.31. The van der Waals surface area contributed by atoms with E-state index >= 15 is 0 Å². The van der Waals surface area contributed by atoms with Crippen LogP contribution in [0.2, 0.25) is 5.28 Å². The zero-order valence-corrected chi connectivity index (χ0v) is 13.6. The summed E-state index contributed by atoms with van der Waals surface area (Å²) in [5.41, 5.74) is 0. The fourth-order valence-electron chi connectivity index (χ4n) is 2.28. The Labute approximate surface area is 126 Å². The maximum atomic E-state index is 6.10. The third-order valence-electron chi connectivity index (χ3n) is 3.44. The minimum absolute atomic E-state index is 0.284. The number of hydrogen-bond donors (Lipinski definition) is 0. The van der Waals surface area contributed by atoms with Gasteiger partial charge in [-0.25, -0.2) is 0 Å². The summed E-state index contributed by atoms with van der Waals surface area (Å²) in [6.45, 7) is 11.3. The summed E-state index contributed by atoms with van der Waals surface area (Å²) in [6.07, 6.45) is 2.44. The number of halogens is 1. The number of nitrogens with zero attached hydrogens (tertiary/aromatic N) is 5. The molecule has 1 aliphatic rings. The molecule has 5 nitrogen and oxygen atoms in total. The van der Waals surface area contributed by atoms with Crippen LogP contribution in [0, 0.1) is 5.92 Å². The minimum atomic E-state index is 0.284. The standard InChI is InChI=1S/C14H24ClN5/c1-5-19(6-2)13-16-12(15)17-14(18-13)20(9-10(3)4)11-7-8-11/h10-11H,5-9H2,1-4H3. The van der Waals surface area contributed by atoms with Crippen LogP contribution >= 0.6 is 11.6 Å². The van der Waals surface area contributed by atoms with E-state index in [0.29, 0.717) is 17.9 Å². The van der Waals surface area contributed by atoms with Gasteiger partial charge in [-0.05, 0) is 44.2 Å². The molecule has 1 fully saturated rings. The lowest BCUT2D eigenvalue weighted by atomic mass is 10.2. The van der Waals surface area contributed by atoms with Crippen LogP contribution in [0.3, 0.4) is 0 Å². The quantitative estimate of drug-likeness (QED) is 0.774. The third kappa shape index (κ3) is 3.72. The first-order chi connectivity index (χ1) is 9.55. The molecule has 0 amide bonds. The highest BCUT2D eigenvalue weighted by atomic mass is 35.5. The second kappa shape index (κ2) is 6.57. The lowest BCUT2D eigenvalue weighted by molar-refractivity contribution is 0.595. The SMILES string of the molecule is CCN(CC)c1nc(Cl)nc(N(CC(C)C)C2CC2)n1. The van der Waals surface area contributed by atoms with E-state index in [-0.39, 0.29) is 5.28 Å². The van der Waals surface area contributed by atoms with E-state index in [1.165, 1.54) is 12.8 Å². The predicted octanol–water partition coefficient (Wildman–Crippen LogP) is 3.00. The van der Waals surface area contributed by atoms with E-state index in [1.54, 1.807) is 0 Å². The monoisotopic (exact) mass is 297 g/mol. The van der Waals surface area contributed by atoms with E-state index in [9.17, 15) is 0 Å². The molecule has 0 aromatic carbocycles. The Bertz CT molecular complexity index is 443. The fourth-order valence-corrected chi connectivity index (χ4v) is 2.43. The summed E-state index contributed by atoms with van der Waals surface area (Å²) in [4.78, 5) is 17.6. The highest BCUT2D eigenvalue weighted by Gasteiger charge is 2.32. The first-order valence-electron chi connectivity index (χ1n) is 7.48. The molecule has 0 saturated heterocycles. The van der Waals surface area contributed by atoms with Gasteiger partial charge in [-0.15, -0.1) is 0 Å². The predicted molar refractivity (Wildman–Crippen MR) is 83.6 cm³/mol. The van der Waals surface area contributed by atoms with E-state index in [0.717, 1.165) is 25.6 Å². The second-order valence-corrected chi connectivity index (χ2v) is 5.99. The Morgan fingerprint density at radius 2 is 1.70 bits per heavy atom. The van der Waals surface area contributed by atoms with E-state index < -0.39 is 0 Å². The van der Waals surface area contributed by atoms with Crippen molar-refractivity contribution in [3.8, 4) is 0 Å². The lowest BCUT2D eigenvalue weighted by Crippen LogP contribution is -2.33. The zero-order chi connectivity index (χ0) is 14.7. The Balaban J connectivity index is 2.29. The van der Waals surface area contributed by atoms with Crippen LogP contribution in [0.4, 0.5) is 11.9 Å². The summed E-state index contributed by atoms with van der Waals surface area (Å²) in [5.74, 6) is 1.98. The second-order valence-electron chi connectivity index (χ2n) is 5.65. The number of anilines is 2. The van der Waals surface area contributed by atoms with Crippen LogP contribution in [-0.4, -0.2) is 40.6 Å². The molecule has 0 radical (unpaired) electrons. The first-order valence-corrected chi connectivity index (χ1v) is 7.86. The summed E-state index contributed by atoms with van der Waals surface area (Å²) >= 11 is 6.10. The molecule has 0 aliphatic heterocycles. The highest BCUT2D eigenvalue weighted by molar-refractivity contribution is 6.28. The molecule has 0 spiro atoms. The maximum absolute atomic E-state index is 6.10. The van der Waals surface area contributed by atoms with Gasteiger partial charge in [0.05, 0.1) is 0 Å². The molecule has 1 heterocycles.